The second-order valence-corrected chi connectivity index (χ2v) is 4.99. The molecule has 1 unspecified atom stereocenters. The van der Waals surface area contributed by atoms with Gasteiger partial charge in [0.05, 0.1) is 13.2 Å². The molecule has 0 radical (unpaired) electrons. The highest BCUT2D eigenvalue weighted by Gasteiger charge is 2.22. The fourth-order valence-electron chi connectivity index (χ4n) is 2.48. The molecule has 1 aromatic carbocycles. The summed E-state index contributed by atoms with van der Waals surface area (Å²) in [6.07, 6.45) is 5.01. The summed E-state index contributed by atoms with van der Waals surface area (Å²) in [7, 11) is 1.66. The van der Waals surface area contributed by atoms with E-state index in [1.807, 2.05) is 25.1 Å². The Morgan fingerprint density at radius 1 is 1.33 bits per heavy atom. The summed E-state index contributed by atoms with van der Waals surface area (Å²) in [5, 5.41) is 9.34. The summed E-state index contributed by atoms with van der Waals surface area (Å²) in [5.74, 6) is 1.64. The lowest BCUT2D eigenvalue weighted by Gasteiger charge is -2.21. The maximum atomic E-state index is 9.34. The van der Waals surface area contributed by atoms with Gasteiger partial charge in [0.1, 0.15) is 0 Å². The Balaban J connectivity index is 2.27. The Hall–Kier alpha value is -1.22. The molecule has 0 spiro atoms. The van der Waals surface area contributed by atoms with Gasteiger partial charge in [-0.25, -0.2) is 0 Å². The second-order valence-electron chi connectivity index (χ2n) is 4.99. The third kappa shape index (κ3) is 2.78. The Kier molecular flexibility index (Phi) is 4.48. The zero-order chi connectivity index (χ0) is 13.0. The molecule has 0 bridgehead atoms. The third-order valence-electron chi connectivity index (χ3n) is 3.62. The molecule has 0 aliphatic heterocycles. The van der Waals surface area contributed by atoms with Crippen LogP contribution in [0.4, 0.5) is 0 Å². The van der Waals surface area contributed by atoms with Crippen LogP contribution in [0, 0.1) is 0 Å². The van der Waals surface area contributed by atoms with Crippen molar-refractivity contribution in [1.82, 2.24) is 0 Å². The number of benzene rings is 1. The standard InChI is InChI=1S/C15H22O3/c1-11(10-16)13-8-5-9-14(17-2)15(13)18-12-6-3-4-7-12/h5,8-9,11-12,16H,3-4,6-7,10H2,1-2H3. The van der Waals surface area contributed by atoms with Crippen LogP contribution in [0.25, 0.3) is 0 Å². The molecule has 3 heteroatoms. The van der Waals surface area contributed by atoms with Crippen molar-refractivity contribution < 1.29 is 14.6 Å². The van der Waals surface area contributed by atoms with Crippen LogP contribution in [0.15, 0.2) is 18.2 Å². The molecule has 0 saturated heterocycles. The van der Waals surface area contributed by atoms with Crippen molar-refractivity contribution in [2.45, 2.75) is 44.6 Å². The van der Waals surface area contributed by atoms with E-state index < -0.39 is 0 Å². The molecular weight excluding hydrogens is 228 g/mol. The van der Waals surface area contributed by atoms with Gasteiger partial charge in [0.15, 0.2) is 11.5 Å². The Bertz CT molecular complexity index is 383. The number of ether oxygens (including phenoxy) is 2. The monoisotopic (exact) mass is 250 g/mol. The van der Waals surface area contributed by atoms with Gasteiger partial charge in [0, 0.05) is 18.1 Å². The highest BCUT2D eigenvalue weighted by atomic mass is 16.5. The van der Waals surface area contributed by atoms with Crippen LogP contribution in [0.1, 0.15) is 44.1 Å². The van der Waals surface area contributed by atoms with Gasteiger partial charge >= 0.3 is 0 Å². The smallest absolute Gasteiger partial charge is 0.165 e. The van der Waals surface area contributed by atoms with Gasteiger partial charge in [-0.1, -0.05) is 19.1 Å². The predicted octanol–water partition coefficient (Wildman–Crippen LogP) is 3.11. The van der Waals surface area contributed by atoms with E-state index in [1.54, 1.807) is 7.11 Å². The van der Waals surface area contributed by atoms with E-state index in [0.29, 0.717) is 6.10 Å². The first-order chi connectivity index (χ1) is 8.76. The average molecular weight is 250 g/mol. The second kappa shape index (κ2) is 6.10. The molecule has 1 saturated carbocycles. The molecule has 100 valence electrons. The molecule has 1 fully saturated rings. The van der Waals surface area contributed by atoms with Gasteiger partial charge in [0.25, 0.3) is 0 Å². The van der Waals surface area contributed by atoms with Gasteiger partial charge < -0.3 is 14.6 Å². The van der Waals surface area contributed by atoms with Gasteiger partial charge in [-0.2, -0.15) is 0 Å². The molecule has 1 aliphatic rings. The van der Waals surface area contributed by atoms with Crippen molar-refractivity contribution in [2.24, 2.45) is 0 Å². The van der Waals surface area contributed by atoms with Crippen LogP contribution in [-0.4, -0.2) is 24.9 Å². The first-order valence-electron chi connectivity index (χ1n) is 6.70. The van der Waals surface area contributed by atoms with Crippen LogP contribution in [0.5, 0.6) is 11.5 Å². The van der Waals surface area contributed by atoms with Crippen LogP contribution in [-0.2, 0) is 0 Å². The van der Waals surface area contributed by atoms with Crippen molar-refractivity contribution >= 4 is 0 Å². The molecule has 0 amide bonds. The van der Waals surface area contributed by atoms with Gasteiger partial charge in [-0.05, 0) is 31.7 Å². The summed E-state index contributed by atoms with van der Waals surface area (Å²) in [6.45, 7) is 2.12. The molecule has 0 heterocycles. The topological polar surface area (TPSA) is 38.7 Å². The lowest BCUT2D eigenvalue weighted by molar-refractivity contribution is 0.194. The minimum absolute atomic E-state index is 0.0662. The summed E-state index contributed by atoms with van der Waals surface area (Å²) < 4.78 is 11.5. The summed E-state index contributed by atoms with van der Waals surface area (Å²) in [4.78, 5) is 0. The average Bonchev–Trinajstić information content (AvgIpc) is 2.91. The maximum absolute atomic E-state index is 9.34. The molecule has 1 aromatic rings. The molecular formula is C15H22O3. The zero-order valence-electron chi connectivity index (χ0n) is 11.2. The summed E-state index contributed by atoms with van der Waals surface area (Å²) in [6, 6.07) is 5.87. The molecule has 3 nitrogen and oxygen atoms in total. The van der Waals surface area contributed by atoms with Gasteiger partial charge in [0.2, 0.25) is 0 Å². The minimum Gasteiger partial charge on any atom is -0.493 e. The molecule has 1 N–H and O–H groups in total. The zero-order valence-corrected chi connectivity index (χ0v) is 11.2. The molecule has 1 aliphatic carbocycles. The number of aliphatic hydroxyl groups is 1. The lowest BCUT2D eigenvalue weighted by atomic mass is 10.0. The molecule has 2 rings (SSSR count). The fraction of sp³-hybridized carbons (Fsp3) is 0.600. The van der Waals surface area contributed by atoms with Gasteiger partial charge in [-0.15, -0.1) is 0 Å². The Morgan fingerprint density at radius 3 is 2.67 bits per heavy atom. The highest BCUT2D eigenvalue weighted by molar-refractivity contribution is 5.48. The number of rotatable bonds is 5. The third-order valence-corrected chi connectivity index (χ3v) is 3.62. The van der Waals surface area contributed by atoms with E-state index in [4.69, 9.17) is 9.47 Å². The predicted molar refractivity (Wildman–Crippen MR) is 71.4 cm³/mol. The summed E-state index contributed by atoms with van der Waals surface area (Å²) >= 11 is 0. The van der Waals surface area contributed by atoms with E-state index in [1.165, 1.54) is 12.8 Å². The summed E-state index contributed by atoms with van der Waals surface area (Å²) in [5.41, 5.74) is 1.03. The number of aliphatic hydroxyl groups excluding tert-OH is 1. The number of hydrogen-bond donors (Lipinski definition) is 1. The SMILES string of the molecule is COc1cccc(C(C)CO)c1OC1CCCC1. The Labute approximate surface area is 109 Å². The number of para-hydroxylation sites is 1. The van der Waals surface area contributed by atoms with Crippen molar-refractivity contribution in [3.8, 4) is 11.5 Å². The van der Waals surface area contributed by atoms with Crippen molar-refractivity contribution in [1.29, 1.82) is 0 Å². The largest absolute Gasteiger partial charge is 0.493 e. The van der Waals surface area contributed by atoms with Crippen molar-refractivity contribution in [2.75, 3.05) is 13.7 Å². The number of hydrogen-bond acceptors (Lipinski definition) is 3. The van der Waals surface area contributed by atoms with E-state index >= 15 is 0 Å². The highest BCUT2D eigenvalue weighted by Crippen LogP contribution is 2.38. The quantitative estimate of drug-likeness (QED) is 0.872. The van der Waals surface area contributed by atoms with E-state index in [0.717, 1.165) is 29.9 Å². The normalized spacial score (nSPS) is 17.7. The molecule has 0 aromatic heterocycles. The number of methoxy groups -OCH3 is 1. The Morgan fingerprint density at radius 2 is 2.06 bits per heavy atom. The van der Waals surface area contributed by atoms with Crippen LogP contribution in [0.3, 0.4) is 0 Å². The van der Waals surface area contributed by atoms with Crippen LogP contribution < -0.4 is 9.47 Å². The van der Waals surface area contributed by atoms with Crippen LogP contribution in [0.2, 0.25) is 0 Å². The van der Waals surface area contributed by atoms with E-state index in [-0.39, 0.29) is 12.5 Å². The maximum Gasteiger partial charge on any atom is 0.165 e. The molecule has 18 heavy (non-hydrogen) atoms. The van der Waals surface area contributed by atoms with Crippen molar-refractivity contribution in [3.05, 3.63) is 23.8 Å². The first kappa shape index (κ1) is 13.2. The first-order valence-corrected chi connectivity index (χ1v) is 6.70. The minimum atomic E-state index is 0.0662. The lowest BCUT2D eigenvalue weighted by Crippen LogP contribution is -2.14. The van der Waals surface area contributed by atoms with Crippen molar-refractivity contribution in [3.63, 3.8) is 0 Å². The van der Waals surface area contributed by atoms with Gasteiger partial charge in [-0.3, -0.25) is 0 Å². The fourth-order valence-corrected chi connectivity index (χ4v) is 2.48. The van der Waals surface area contributed by atoms with E-state index in [9.17, 15) is 5.11 Å². The van der Waals surface area contributed by atoms with Crippen LogP contribution >= 0.6 is 0 Å². The molecule has 1 atom stereocenters. The van der Waals surface area contributed by atoms with E-state index in [2.05, 4.69) is 0 Å².